The average molecular weight is 829 g/mol. The molecule has 244 valence electrons. The summed E-state index contributed by atoms with van der Waals surface area (Å²) in [7, 11) is 0. The molecule has 7 nitrogen and oxygen atoms in total. The lowest BCUT2D eigenvalue weighted by Crippen LogP contribution is -2.22. The van der Waals surface area contributed by atoms with Crippen molar-refractivity contribution in [2.75, 3.05) is 0 Å². The van der Waals surface area contributed by atoms with Gasteiger partial charge in [-0.15, -0.1) is 22.7 Å². The molecule has 0 unspecified atom stereocenters. The molecule has 0 aliphatic carbocycles. The number of aromatic nitrogens is 2. The molecule has 0 radical (unpaired) electrons. The maximum atomic E-state index is 13.5. The maximum Gasteiger partial charge on any atom is 0.347 e. The Kier molecular flexibility index (Phi) is 14.5. The lowest BCUT2D eigenvalue weighted by molar-refractivity contribution is 0.0701. The van der Waals surface area contributed by atoms with E-state index in [1.165, 1.54) is 53.1 Å². The van der Waals surface area contributed by atoms with Gasteiger partial charge in [0.25, 0.3) is 5.91 Å². The van der Waals surface area contributed by atoms with Crippen LogP contribution < -0.4 is 11.1 Å². The van der Waals surface area contributed by atoms with E-state index in [0.29, 0.717) is 39.9 Å². The second-order valence-corrected chi connectivity index (χ2v) is 16.1. The van der Waals surface area contributed by atoms with E-state index in [1.807, 2.05) is 41.5 Å². The van der Waals surface area contributed by atoms with Crippen molar-refractivity contribution >= 4 is 89.6 Å². The van der Waals surface area contributed by atoms with Crippen LogP contribution in [0.1, 0.15) is 82.0 Å². The highest BCUT2D eigenvalue weighted by atomic mass is 79.9. The van der Waals surface area contributed by atoms with E-state index in [9.17, 15) is 18.4 Å². The van der Waals surface area contributed by atoms with E-state index in [1.54, 1.807) is 6.20 Å². The summed E-state index contributed by atoms with van der Waals surface area (Å²) in [6, 6.07) is 5.61. The smallest absolute Gasteiger partial charge is 0.347 e. The van der Waals surface area contributed by atoms with Gasteiger partial charge in [-0.1, -0.05) is 64.7 Å². The van der Waals surface area contributed by atoms with Crippen LogP contribution in [0.4, 0.5) is 8.78 Å². The number of hydrogen-bond acceptors (Lipinski definition) is 7. The topological polar surface area (TPSA) is 118 Å². The molecule has 4 aromatic rings. The number of nitrogens with zero attached hydrogens (tertiary/aromatic N) is 2. The van der Waals surface area contributed by atoms with Crippen LogP contribution in [0.15, 0.2) is 45.6 Å². The Hall–Kier alpha value is -2.00. The van der Waals surface area contributed by atoms with Crippen molar-refractivity contribution in [1.29, 1.82) is 0 Å². The van der Waals surface area contributed by atoms with Crippen LogP contribution in [0.5, 0.6) is 0 Å². The van der Waals surface area contributed by atoms with Crippen molar-refractivity contribution in [2.45, 2.75) is 65.5 Å². The normalized spacial score (nSPS) is 11.2. The first-order chi connectivity index (χ1) is 20.7. The number of nitrogens with two attached hydrogens (primary N) is 1. The molecule has 1 amide bonds. The van der Waals surface area contributed by atoms with Crippen LogP contribution in [0.25, 0.3) is 0 Å². The second-order valence-electron chi connectivity index (χ2n) is 11.5. The molecule has 45 heavy (non-hydrogen) atoms. The molecular weight excluding hydrogens is 797 g/mol. The molecule has 2 aromatic heterocycles. The predicted molar refractivity (Wildman–Crippen MR) is 186 cm³/mol. The number of benzene rings is 2. The van der Waals surface area contributed by atoms with Crippen LogP contribution in [0.2, 0.25) is 10.0 Å². The quantitative estimate of drug-likeness (QED) is 0.173. The van der Waals surface area contributed by atoms with Gasteiger partial charge < -0.3 is 16.2 Å². The fourth-order valence-electron chi connectivity index (χ4n) is 3.13. The van der Waals surface area contributed by atoms with E-state index in [4.69, 9.17) is 34.0 Å². The number of carboxylic acids is 1. The highest BCUT2D eigenvalue weighted by molar-refractivity contribution is 9.10. The summed E-state index contributed by atoms with van der Waals surface area (Å²) in [5.74, 6) is -1.90. The third-order valence-electron chi connectivity index (χ3n) is 5.57. The summed E-state index contributed by atoms with van der Waals surface area (Å²) in [4.78, 5) is 31.8. The molecule has 0 bridgehead atoms. The SMILES string of the molecule is CC(C)(C)c1ncc(C(=O)NCc2cc(F)c(Br)cc2Cl)s1.CC(C)(C)c1ncc(C(=O)O)s1.NCc1cc(F)c(Br)cc1Cl. The molecule has 15 heteroatoms. The number of hydrogen-bond donors (Lipinski definition) is 3. The molecule has 0 atom stereocenters. The minimum absolute atomic E-state index is 0.0572. The highest BCUT2D eigenvalue weighted by Crippen LogP contribution is 2.29. The molecule has 0 aliphatic heterocycles. The fraction of sp³-hybridized carbons (Fsp3) is 0.333. The molecule has 0 spiro atoms. The average Bonchev–Trinajstić information content (AvgIpc) is 3.64. The van der Waals surface area contributed by atoms with Gasteiger partial charge >= 0.3 is 5.97 Å². The molecule has 2 heterocycles. The number of carboxylic acid groups (broad SMARTS) is 1. The third kappa shape index (κ3) is 11.9. The summed E-state index contributed by atoms with van der Waals surface area (Å²) in [6.07, 6.45) is 2.97. The van der Waals surface area contributed by atoms with Crippen molar-refractivity contribution < 1.29 is 23.5 Å². The molecule has 4 N–H and O–H groups in total. The molecule has 4 rings (SSSR count). The first-order valence-corrected chi connectivity index (χ1v) is 17.1. The summed E-state index contributed by atoms with van der Waals surface area (Å²) in [6.45, 7) is 12.6. The van der Waals surface area contributed by atoms with Crippen molar-refractivity contribution in [1.82, 2.24) is 15.3 Å². The number of rotatable bonds is 5. The molecule has 0 saturated carbocycles. The first-order valence-electron chi connectivity index (χ1n) is 13.2. The maximum absolute atomic E-state index is 13.5. The van der Waals surface area contributed by atoms with Gasteiger partial charge in [-0.3, -0.25) is 4.79 Å². The number of halogens is 6. The summed E-state index contributed by atoms with van der Waals surface area (Å²) >= 11 is 20.4. The van der Waals surface area contributed by atoms with Crippen LogP contribution in [-0.2, 0) is 23.9 Å². The van der Waals surface area contributed by atoms with E-state index in [2.05, 4.69) is 47.1 Å². The van der Waals surface area contributed by atoms with Gasteiger partial charge in [0, 0.05) is 34.0 Å². The Labute approximate surface area is 295 Å². The Bertz CT molecular complexity index is 1660. The summed E-state index contributed by atoms with van der Waals surface area (Å²) in [5, 5.41) is 14.0. The van der Waals surface area contributed by atoms with Crippen molar-refractivity contribution in [3.05, 3.63) is 98.2 Å². The summed E-state index contributed by atoms with van der Waals surface area (Å²) < 4.78 is 27.0. The van der Waals surface area contributed by atoms with Gasteiger partial charge in [0.05, 0.1) is 31.4 Å². The molecule has 2 aromatic carbocycles. The minimum Gasteiger partial charge on any atom is -0.477 e. The lowest BCUT2D eigenvalue weighted by Gasteiger charge is -2.13. The Morgan fingerprint density at radius 1 is 0.844 bits per heavy atom. The van der Waals surface area contributed by atoms with Crippen molar-refractivity contribution in [3.63, 3.8) is 0 Å². The standard InChI is InChI=1S/C15H15BrClFN2OS.C8H11NO2S.C7H6BrClFN/c1-15(2,3)14-20-7-12(22-14)13(21)19-6-8-4-11(18)9(16)5-10(8)17;1-8(2,3)7-9-4-5(12-7)6(10)11;8-5-2-6(9)4(3-11)1-7(5)10/h4-5,7H,6H2,1-3H3,(H,19,21);4H,1-3H3,(H,10,11);1-2H,3,11H2. The molecular formula is C30H32Br2Cl2F2N4O3S2. The molecule has 0 fully saturated rings. The second kappa shape index (κ2) is 16.7. The largest absolute Gasteiger partial charge is 0.477 e. The Morgan fingerprint density at radius 3 is 1.67 bits per heavy atom. The zero-order valence-corrected chi connectivity index (χ0v) is 31.5. The number of carbonyl (C=O) groups is 2. The van der Waals surface area contributed by atoms with Gasteiger partial charge in [-0.2, -0.15) is 0 Å². The first kappa shape index (κ1) is 39.2. The van der Waals surface area contributed by atoms with Crippen LogP contribution in [0, 0.1) is 11.6 Å². The van der Waals surface area contributed by atoms with Crippen LogP contribution in [-0.4, -0.2) is 27.0 Å². The Balaban J connectivity index is 0.000000259. The lowest BCUT2D eigenvalue weighted by atomic mass is 9.98. The van der Waals surface area contributed by atoms with E-state index >= 15 is 0 Å². The Morgan fingerprint density at radius 2 is 1.27 bits per heavy atom. The highest BCUT2D eigenvalue weighted by Gasteiger charge is 2.21. The fourth-order valence-corrected chi connectivity index (χ4v) is 6.25. The van der Waals surface area contributed by atoms with Crippen molar-refractivity contribution in [2.24, 2.45) is 5.73 Å². The minimum atomic E-state index is -0.900. The van der Waals surface area contributed by atoms with Gasteiger partial charge in [0.15, 0.2) is 0 Å². The van der Waals surface area contributed by atoms with E-state index in [0.717, 1.165) is 10.0 Å². The zero-order chi connectivity index (χ0) is 34.3. The van der Waals surface area contributed by atoms with Gasteiger partial charge in [0.2, 0.25) is 0 Å². The summed E-state index contributed by atoms with van der Waals surface area (Å²) in [5.41, 5.74) is 6.29. The predicted octanol–water partition coefficient (Wildman–Crippen LogP) is 9.76. The van der Waals surface area contributed by atoms with Gasteiger partial charge in [-0.05, 0) is 67.3 Å². The number of carbonyl (C=O) groups excluding carboxylic acids is 1. The van der Waals surface area contributed by atoms with E-state index in [-0.39, 0.29) is 35.6 Å². The molecule has 0 saturated heterocycles. The number of nitrogens with one attached hydrogen (secondary N) is 1. The number of aromatic carboxylic acids is 1. The zero-order valence-electron chi connectivity index (χ0n) is 25.2. The number of amides is 1. The number of thiazole rings is 2. The van der Waals surface area contributed by atoms with Crippen LogP contribution in [0.3, 0.4) is 0 Å². The molecule has 0 aliphatic rings. The monoisotopic (exact) mass is 826 g/mol. The third-order valence-corrected chi connectivity index (χ3v) is 10.3. The van der Waals surface area contributed by atoms with Crippen molar-refractivity contribution in [3.8, 4) is 0 Å². The van der Waals surface area contributed by atoms with Gasteiger partial charge in [-0.25, -0.2) is 23.5 Å². The van der Waals surface area contributed by atoms with E-state index < -0.39 is 11.8 Å². The van der Waals surface area contributed by atoms with Gasteiger partial charge in [0.1, 0.15) is 21.4 Å². The van der Waals surface area contributed by atoms with Crippen LogP contribution >= 0.6 is 77.7 Å².